The van der Waals surface area contributed by atoms with Crippen LogP contribution in [0.3, 0.4) is 0 Å². The summed E-state index contributed by atoms with van der Waals surface area (Å²) in [6.45, 7) is 3.92. The molecule has 1 saturated carbocycles. The summed E-state index contributed by atoms with van der Waals surface area (Å²) >= 11 is 1.35. The Kier molecular flexibility index (Phi) is 4.28. The van der Waals surface area contributed by atoms with Gasteiger partial charge in [0, 0.05) is 10.9 Å². The van der Waals surface area contributed by atoms with Crippen LogP contribution in [-0.4, -0.2) is 33.6 Å². The number of rotatable bonds is 6. The maximum absolute atomic E-state index is 12.2. The molecule has 1 aromatic carbocycles. The molecule has 7 heteroatoms. The molecule has 1 amide bonds. The average molecular weight is 346 g/mol. The topological polar surface area (TPSA) is 88.5 Å². The monoisotopic (exact) mass is 346 g/mol. The van der Waals surface area contributed by atoms with E-state index in [1.165, 1.54) is 11.3 Å². The van der Waals surface area contributed by atoms with Gasteiger partial charge in [-0.15, -0.1) is 11.3 Å². The minimum atomic E-state index is -1.10. The number of carbonyl (C=O) groups excluding carboxylic acids is 1. The zero-order valence-electron chi connectivity index (χ0n) is 13.4. The molecule has 0 bridgehead atoms. The van der Waals surface area contributed by atoms with E-state index in [-0.39, 0.29) is 11.8 Å². The number of hydrogen-bond donors (Lipinski definition) is 2. The molecular weight excluding hydrogens is 328 g/mol. The van der Waals surface area contributed by atoms with Crippen LogP contribution in [0.2, 0.25) is 0 Å². The van der Waals surface area contributed by atoms with Crippen LogP contribution in [0, 0.1) is 0 Å². The van der Waals surface area contributed by atoms with Gasteiger partial charge in [-0.2, -0.15) is 0 Å². The fourth-order valence-electron chi connectivity index (χ4n) is 2.26. The van der Waals surface area contributed by atoms with Gasteiger partial charge in [0.1, 0.15) is 22.0 Å². The van der Waals surface area contributed by atoms with Crippen molar-refractivity contribution in [2.24, 2.45) is 0 Å². The van der Waals surface area contributed by atoms with Gasteiger partial charge in [0.25, 0.3) is 5.91 Å². The Labute approximate surface area is 143 Å². The Morgan fingerprint density at radius 2 is 1.96 bits per heavy atom. The smallest absolute Gasteiger partial charge is 0.329 e. The normalized spacial score (nSPS) is 15.1. The number of aliphatic carboxylic acids is 1. The average Bonchev–Trinajstić information content (AvgIpc) is 3.14. The molecule has 1 heterocycles. The molecule has 2 N–H and O–H groups in total. The number of amides is 1. The van der Waals surface area contributed by atoms with Gasteiger partial charge in [-0.05, 0) is 51.0 Å². The van der Waals surface area contributed by atoms with Crippen LogP contribution in [0.25, 0.3) is 10.6 Å². The summed E-state index contributed by atoms with van der Waals surface area (Å²) in [6, 6.07) is 7.50. The molecule has 6 nitrogen and oxygen atoms in total. The van der Waals surface area contributed by atoms with Crippen LogP contribution >= 0.6 is 11.3 Å². The number of hydrogen-bond acceptors (Lipinski definition) is 5. The lowest BCUT2D eigenvalue weighted by Gasteiger charge is -2.10. The SMILES string of the molecule is CC(C)Oc1ccc(-c2nc(C(=O)NC3(C(=O)O)CC3)cs2)cc1. The molecular formula is C17H18N2O4S. The summed E-state index contributed by atoms with van der Waals surface area (Å²) in [4.78, 5) is 27.6. The van der Waals surface area contributed by atoms with Crippen LogP contribution in [-0.2, 0) is 4.79 Å². The van der Waals surface area contributed by atoms with E-state index < -0.39 is 17.4 Å². The fraction of sp³-hybridized carbons (Fsp3) is 0.353. The van der Waals surface area contributed by atoms with E-state index in [0.29, 0.717) is 17.8 Å². The molecule has 1 aliphatic carbocycles. The predicted octanol–water partition coefficient (Wildman–Crippen LogP) is 2.94. The van der Waals surface area contributed by atoms with Gasteiger partial charge in [0.2, 0.25) is 0 Å². The Bertz CT molecular complexity index is 763. The Morgan fingerprint density at radius 1 is 1.29 bits per heavy atom. The highest BCUT2D eigenvalue weighted by Crippen LogP contribution is 2.36. The second kappa shape index (κ2) is 6.24. The first kappa shape index (κ1) is 16.4. The number of carboxylic acids is 1. The molecule has 0 unspecified atom stereocenters. The van der Waals surface area contributed by atoms with Crippen LogP contribution in [0.1, 0.15) is 37.2 Å². The number of benzene rings is 1. The number of carboxylic acid groups (broad SMARTS) is 1. The van der Waals surface area contributed by atoms with E-state index in [9.17, 15) is 9.59 Å². The standard InChI is InChI=1S/C17H18N2O4S/c1-10(2)23-12-5-3-11(4-6-12)15-18-13(9-24-15)14(20)19-17(7-8-17)16(21)22/h3-6,9-10H,7-8H2,1-2H3,(H,19,20)(H,21,22). The second-order valence-electron chi connectivity index (χ2n) is 6.07. The van der Waals surface area contributed by atoms with Crippen molar-refractivity contribution in [1.29, 1.82) is 0 Å². The number of thiazole rings is 1. The van der Waals surface area contributed by atoms with E-state index in [0.717, 1.165) is 11.3 Å². The summed E-state index contributed by atoms with van der Waals surface area (Å²) in [5, 5.41) is 14.0. The van der Waals surface area contributed by atoms with Crippen LogP contribution < -0.4 is 10.1 Å². The minimum absolute atomic E-state index is 0.106. The van der Waals surface area contributed by atoms with Crippen molar-refractivity contribution in [3.05, 3.63) is 35.3 Å². The molecule has 0 spiro atoms. The summed E-state index contributed by atoms with van der Waals surface area (Å²) < 4.78 is 5.60. The van der Waals surface area contributed by atoms with Gasteiger partial charge in [-0.3, -0.25) is 4.79 Å². The van der Waals surface area contributed by atoms with Gasteiger partial charge in [-0.1, -0.05) is 0 Å². The van der Waals surface area contributed by atoms with Crippen LogP contribution in [0.4, 0.5) is 0 Å². The third-order valence-corrected chi connectivity index (χ3v) is 4.61. The molecule has 1 fully saturated rings. The third-order valence-electron chi connectivity index (χ3n) is 3.72. The second-order valence-corrected chi connectivity index (χ2v) is 6.93. The minimum Gasteiger partial charge on any atom is -0.491 e. The molecule has 0 atom stereocenters. The van der Waals surface area contributed by atoms with Crippen molar-refractivity contribution in [3.63, 3.8) is 0 Å². The largest absolute Gasteiger partial charge is 0.491 e. The first-order valence-corrected chi connectivity index (χ1v) is 8.56. The molecule has 1 aliphatic rings. The highest BCUT2D eigenvalue weighted by molar-refractivity contribution is 7.13. The zero-order chi connectivity index (χ0) is 17.3. The Balaban J connectivity index is 1.71. The number of nitrogens with zero attached hydrogens (tertiary/aromatic N) is 1. The van der Waals surface area contributed by atoms with E-state index in [1.54, 1.807) is 5.38 Å². The molecule has 126 valence electrons. The molecule has 3 rings (SSSR count). The fourth-order valence-corrected chi connectivity index (χ4v) is 3.06. The van der Waals surface area contributed by atoms with Gasteiger partial charge >= 0.3 is 5.97 Å². The van der Waals surface area contributed by atoms with E-state index >= 15 is 0 Å². The first-order chi connectivity index (χ1) is 11.4. The highest BCUT2D eigenvalue weighted by Gasteiger charge is 2.51. The number of nitrogens with one attached hydrogen (secondary N) is 1. The van der Waals surface area contributed by atoms with Gasteiger partial charge in [0.15, 0.2) is 0 Å². The van der Waals surface area contributed by atoms with Crippen molar-refractivity contribution >= 4 is 23.2 Å². The van der Waals surface area contributed by atoms with E-state index in [1.807, 2.05) is 38.1 Å². The van der Waals surface area contributed by atoms with Gasteiger partial charge < -0.3 is 15.2 Å². The van der Waals surface area contributed by atoms with Crippen molar-refractivity contribution in [2.75, 3.05) is 0 Å². The van der Waals surface area contributed by atoms with Crippen molar-refractivity contribution in [2.45, 2.75) is 38.3 Å². The van der Waals surface area contributed by atoms with Crippen molar-refractivity contribution in [3.8, 4) is 16.3 Å². The zero-order valence-corrected chi connectivity index (χ0v) is 14.2. The number of aromatic nitrogens is 1. The van der Waals surface area contributed by atoms with Crippen LogP contribution in [0.15, 0.2) is 29.6 Å². The number of ether oxygens (including phenoxy) is 1. The molecule has 2 aromatic rings. The highest BCUT2D eigenvalue weighted by atomic mass is 32.1. The molecule has 0 aliphatic heterocycles. The Hall–Kier alpha value is -2.41. The van der Waals surface area contributed by atoms with Gasteiger partial charge in [-0.25, -0.2) is 9.78 Å². The molecule has 0 radical (unpaired) electrons. The molecule has 1 aromatic heterocycles. The van der Waals surface area contributed by atoms with Crippen molar-refractivity contribution in [1.82, 2.24) is 10.3 Å². The molecule has 0 saturated heterocycles. The summed E-state index contributed by atoms with van der Waals surface area (Å²) in [6.07, 6.45) is 1.03. The van der Waals surface area contributed by atoms with E-state index in [2.05, 4.69) is 10.3 Å². The summed E-state index contributed by atoms with van der Waals surface area (Å²) in [5.74, 6) is -0.662. The lowest BCUT2D eigenvalue weighted by atomic mass is 10.2. The first-order valence-electron chi connectivity index (χ1n) is 7.68. The third kappa shape index (κ3) is 3.41. The lowest BCUT2D eigenvalue weighted by Crippen LogP contribution is -2.43. The van der Waals surface area contributed by atoms with E-state index in [4.69, 9.17) is 9.84 Å². The maximum atomic E-state index is 12.2. The Morgan fingerprint density at radius 3 is 2.50 bits per heavy atom. The predicted molar refractivity (Wildman–Crippen MR) is 90.4 cm³/mol. The summed E-state index contributed by atoms with van der Waals surface area (Å²) in [7, 11) is 0. The quantitative estimate of drug-likeness (QED) is 0.839. The number of carbonyl (C=O) groups is 2. The maximum Gasteiger partial charge on any atom is 0.329 e. The molecule has 24 heavy (non-hydrogen) atoms. The summed E-state index contributed by atoms with van der Waals surface area (Å²) in [5.41, 5.74) is 0.0241. The lowest BCUT2D eigenvalue weighted by molar-refractivity contribution is -0.140. The van der Waals surface area contributed by atoms with Gasteiger partial charge in [0.05, 0.1) is 6.10 Å². The van der Waals surface area contributed by atoms with Crippen LogP contribution in [0.5, 0.6) is 5.75 Å². The van der Waals surface area contributed by atoms with Crippen molar-refractivity contribution < 1.29 is 19.4 Å².